The molecule has 0 saturated heterocycles. The van der Waals surface area contributed by atoms with Crippen molar-refractivity contribution >= 4 is 11.7 Å². The number of nitrogens with zero attached hydrogens (tertiary/aromatic N) is 1. The first kappa shape index (κ1) is 17.6. The molecule has 0 aliphatic carbocycles. The molecule has 2 aromatic heterocycles. The molecule has 0 saturated carbocycles. The summed E-state index contributed by atoms with van der Waals surface area (Å²) >= 11 is 0. The fourth-order valence-corrected chi connectivity index (χ4v) is 2.58. The zero-order chi connectivity index (χ0) is 18.2. The number of hydrogen-bond acceptors (Lipinski definition) is 4. The summed E-state index contributed by atoms with van der Waals surface area (Å²) in [6.07, 6.45) is 6.23. The molecule has 1 amide bonds. The zero-order valence-corrected chi connectivity index (χ0v) is 14.4. The molecule has 0 radical (unpaired) electrons. The van der Waals surface area contributed by atoms with Crippen LogP contribution in [0.5, 0.6) is 0 Å². The van der Waals surface area contributed by atoms with Gasteiger partial charge >= 0.3 is 0 Å². The van der Waals surface area contributed by atoms with Gasteiger partial charge in [0.15, 0.2) is 5.78 Å². The van der Waals surface area contributed by atoms with Crippen LogP contribution in [0.1, 0.15) is 35.2 Å². The average molecular weight is 348 g/mol. The molecule has 0 spiro atoms. The fourth-order valence-electron chi connectivity index (χ4n) is 2.58. The molecule has 0 aliphatic rings. The Morgan fingerprint density at radius 2 is 1.85 bits per heavy atom. The lowest BCUT2D eigenvalue weighted by Crippen LogP contribution is -2.22. The second-order valence-corrected chi connectivity index (χ2v) is 5.98. The molecule has 3 rings (SSSR count). The van der Waals surface area contributed by atoms with Crippen molar-refractivity contribution in [2.24, 2.45) is 0 Å². The monoisotopic (exact) mass is 348 g/mol. The average Bonchev–Trinajstić information content (AvgIpc) is 3.22. The normalized spacial score (nSPS) is 10.5. The van der Waals surface area contributed by atoms with Crippen LogP contribution in [0.25, 0.3) is 11.3 Å². The van der Waals surface area contributed by atoms with E-state index in [1.165, 1.54) is 0 Å². The van der Waals surface area contributed by atoms with E-state index in [-0.39, 0.29) is 11.7 Å². The van der Waals surface area contributed by atoms with Crippen molar-refractivity contribution in [3.8, 4) is 11.3 Å². The lowest BCUT2D eigenvalue weighted by molar-refractivity contribution is -0.121. The summed E-state index contributed by atoms with van der Waals surface area (Å²) in [6.45, 7) is 0.421. The molecule has 0 fully saturated rings. The number of ketones is 1. The SMILES string of the molecule is O=C(CCCC(=O)c1ccccc1)NCc1ccc(-c2ccoc2)nc1. The van der Waals surface area contributed by atoms with Gasteiger partial charge in [0, 0.05) is 36.7 Å². The predicted octanol–water partition coefficient (Wildman–Crippen LogP) is 4.01. The number of hydrogen-bond donors (Lipinski definition) is 1. The Hall–Kier alpha value is -3.21. The van der Waals surface area contributed by atoms with Gasteiger partial charge in [-0.3, -0.25) is 14.6 Å². The molecule has 1 aromatic carbocycles. The van der Waals surface area contributed by atoms with Crippen LogP contribution in [0.4, 0.5) is 0 Å². The number of Topliss-reactive ketones (excluding diaryl/α,β-unsaturated/α-hetero) is 1. The Balaban J connectivity index is 1.39. The predicted molar refractivity (Wildman–Crippen MR) is 98.4 cm³/mol. The largest absolute Gasteiger partial charge is 0.472 e. The van der Waals surface area contributed by atoms with Gasteiger partial charge in [-0.15, -0.1) is 0 Å². The maximum absolute atomic E-state index is 12.0. The topological polar surface area (TPSA) is 72.2 Å². The van der Waals surface area contributed by atoms with Gasteiger partial charge in [0.1, 0.15) is 0 Å². The van der Waals surface area contributed by atoms with Crippen molar-refractivity contribution < 1.29 is 14.0 Å². The van der Waals surface area contributed by atoms with Crippen LogP contribution in [0, 0.1) is 0 Å². The van der Waals surface area contributed by atoms with Crippen LogP contribution in [-0.4, -0.2) is 16.7 Å². The lowest BCUT2D eigenvalue weighted by atomic mass is 10.1. The molecule has 132 valence electrons. The Bertz CT molecular complexity index is 841. The third kappa shape index (κ3) is 4.89. The van der Waals surface area contributed by atoms with Crippen LogP contribution in [-0.2, 0) is 11.3 Å². The molecule has 0 atom stereocenters. The Labute approximate surface area is 152 Å². The van der Waals surface area contributed by atoms with Gasteiger partial charge in [0.05, 0.1) is 18.2 Å². The van der Waals surface area contributed by atoms with Crippen LogP contribution in [0.3, 0.4) is 0 Å². The van der Waals surface area contributed by atoms with Gasteiger partial charge in [-0.25, -0.2) is 0 Å². The summed E-state index contributed by atoms with van der Waals surface area (Å²) in [5.74, 6) is 0.00204. The highest BCUT2D eigenvalue weighted by atomic mass is 16.3. The number of carbonyl (C=O) groups is 2. The number of aromatic nitrogens is 1. The summed E-state index contributed by atoms with van der Waals surface area (Å²) in [4.78, 5) is 28.3. The molecule has 26 heavy (non-hydrogen) atoms. The molecule has 1 N–H and O–H groups in total. The van der Waals surface area contributed by atoms with Gasteiger partial charge in [-0.1, -0.05) is 36.4 Å². The molecular weight excluding hydrogens is 328 g/mol. The summed E-state index contributed by atoms with van der Waals surface area (Å²) in [5.41, 5.74) is 3.36. The van der Waals surface area contributed by atoms with E-state index in [9.17, 15) is 9.59 Å². The molecule has 0 aliphatic heterocycles. The number of amides is 1. The van der Waals surface area contributed by atoms with Crippen LogP contribution >= 0.6 is 0 Å². The van der Waals surface area contributed by atoms with Crippen molar-refractivity contribution in [1.82, 2.24) is 10.3 Å². The number of nitrogens with one attached hydrogen (secondary N) is 1. The van der Waals surface area contributed by atoms with Crippen molar-refractivity contribution in [2.75, 3.05) is 0 Å². The molecule has 0 unspecified atom stereocenters. The highest BCUT2D eigenvalue weighted by molar-refractivity contribution is 5.96. The minimum atomic E-state index is -0.0650. The first-order chi connectivity index (χ1) is 12.7. The number of pyridine rings is 1. The van der Waals surface area contributed by atoms with Crippen molar-refractivity contribution in [3.05, 3.63) is 78.4 Å². The van der Waals surface area contributed by atoms with Crippen molar-refractivity contribution in [2.45, 2.75) is 25.8 Å². The minimum absolute atomic E-state index is 0.0650. The van der Waals surface area contributed by atoms with Gasteiger partial charge in [0.25, 0.3) is 0 Å². The van der Waals surface area contributed by atoms with E-state index < -0.39 is 0 Å². The number of benzene rings is 1. The van der Waals surface area contributed by atoms with Gasteiger partial charge < -0.3 is 9.73 Å². The number of rotatable bonds is 8. The van der Waals surface area contributed by atoms with E-state index >= 15 is 0 Å². The first-order valence-electron chi connectivity index (χ1n) is 8.55. The van der Waals surface area contributed by atoms with Crippen molar-refractivity contribution in [3.63, 3.8) is 0 Å². The molecule has 2 heterocycles. The van der Waals surface area contributed by atoms with Gasteiger partial charge in [-0.05, 0) is 24.1 Å². The van der Waals surface area contributed by atoms with E-state index in [2.05, 4.69) is 10.3 Å². The lowest BCUT2D eigenvalue weighted by Gasteiger charge is -2.06. The zero-order valence-electron chi connectivity index (χ0n) is 14.4. The van der Waals surface area contributed by atoms with E-state index in [0.717, 1.165) is 16.8 Å². The third-order valence-electron chi connectivity index (χ3n) is 4.03. The summed E-state index contributed by atoms with van der Waals surface area (Å²) in [6, 6.07) is 14.8. The highest BCUT2D eigenvalue weighted by Gasteiger charge is 2.07. The summed E-state index contributed by atoms with van der Waals surface area (Å²) < 4.78 is 5.04. The third-order valence-corrected chi connectivity index (χ3v) is 4.03. The van der Waals surface area contributed by atoms with E-state index in [1.54, 1.807) is 30.9 Å². The van der Waals surface area contributed by atoms with Crippen LogP contribution in [0.2, 0.25) is 0 Å². The molecule has 5 nitrogen and oxygen atoms in total. The first-order valence-corrected chi connectivity index (χ1v) is 8.55. The molecule has 3 aromatic rings. The van der Waals surface area contributed by atoms with E-state index in [1.807, 2.05) is 36.4 Å². The second kappa shape index (κ2) is 8.76. The number of furan rings is 1. The fraction of sp³-hybridized carbons (Fsp3) is 0.190. The van der Waals surface area contributed by atoms with Gasteiger partial charge in [-0.2, -0.15) is 0 Å². The Morgan fingerprint density at radius 3 is 2.54 bits per heavy atom. The smallest absolute Gasteiger partial charge is 0.220 e. The quantitative estimate of drug-likeness (QED) is 0.624. The standard InChI is InChI=1S/C21H20N2O3/c24-20(17-5-2-1-3-6-17)7-4-8-21(25)23-14-16-9-10-19(22-13-16)18-11-12-26-15-18/h1-3,5-6,9-13,15H,4,7-8,14H2,(H,23,25). The number of carbonyl (C=O) groups excluding carboxylic acids is 2. The van der Waals surface area contributed by atoms with Gasteiger partial charge in [0.2, 0.25) is 5.91 Å². The maximum Gasteiger partial charge on any atom is 0.220 e. The van der Waals surface area contributed by atoms with E-state index in [0.29, 0.717) is 31.4 Å². The van der Waals surface area contributed by atoms with Crippen LogP contribution < -0.4 is 5.32 Å². The second-order valence-electron chi connectivity index (χ2n) is 5.98. The summed E-state index contributed by atoms with van der Waals surface area (Å²) in [5, 5.41) is 2.86. The van der Waals surface area contributed by atoms with Crippen molar-refractivity contribution in [1.29, 1.82) is 0 Å². The molecule has 0 bridgehead atoms. The van der Waals surface area contributed by atoms with E-state index in [4.69, 9.17) is 4.42 Å². The Kier molecular flexibility index (Phi) is 5.93. The Morgan fingerprint density at radius 1 is 1.00 bits per heavy atom. The summed E-state index contributed by atoms with van der Waals surface area (Å²) in [7, 11) is 0. The van der Waals surface area contributed by atoms with Crippen LogP contribution in [0.15, 0.2) is 71.7 Å². The maximum atomic E-state index is 12.0. The minimum Gasteiger partial charge on any atom is -0.472 e. The molecular formula is C21H20N2O3. The highest BCUT2D eigenvalue weighted by Crippen LogP contribution is 2.17. The molecule has 5 heteroatoms.